The summed E-state index contributed by atoms with van der Waals surface area (Å²) in [6.45, 7) is 1.13. The number of phenolic OH excluding ortho intramolecular Hbond substituents is 1. The SMILES string of the molecule is COc1ccc2c(O)cc3c(c2c1)[C@H](CCl)CN3C(=O)c1cc2cc(NC(=O)CCN(C)C)ccc2[se]1. The quantitative estimate of drug-likeness (QED) is 0.244. The van der Waals surface area contributed by atoms with Gasteiger partial charge in [0, 0.05) is 0 Å². The van der Waals surface area contributed by atoms with Crippen molar-refractivity contribution in [1.82, 2.24) is 4.90 Å². The minimum atomic E-state index is -0.165. The van der Waals surface area contributed by atoms with Crippen LogP contribution in [0.2, 0.25) is 0 Å². The molecule has 2 heterocycles. The number of carbonyl (C=O) groups is 2. The van der Waals surface area contributed by atoms with E-state index in [1.54, 1.807) is 18.1 Å². The number of anilines is 2. The normalized spacial score (nSPS) is 14.9. The monoisotopic (exact) mass is 585 g/mol. The van der Waals surface area contributed by atoms with Crippen molar-refractivity contribution >= 4 is 69.7 Å². The Kier molecular flexibility index (Phi) is 7.19. The summed E-state index contributed by atoms with van der Waals surface area (Å²) in [5.41, 5.74) is 2.37. The van der Waals surface area contributed by atoms with Crippen molar-refractivity contribution in [2.24, 2.45) is 0 Å². The molecule has 0 unspecified atom stereocenters. The molecular weight excluding hydrogens is 557 g/mol. The number of halogens is 1. The van der Waals surface area contributed by atoms with E-state index in [0.717, 1.165) is 30.7 Å². The molecule has 9 heteroatoms. The molecule has 1 aliphatic rings. The summed E-state index contributed by atoms with van der Waals surface area (Å²) < 4.78 is 7.24. The van der Waals surface area contributed by atoms with Crippen LogP contribution < -0.4 is 15.0 Å². The number of hydrogen-bond acceptors (Lipinski definition) is 5. The van der Waals surface area contributed by atoms with Gasteiger partial charge in [0.2, 0.25) is 0 Å². The van der Waals surface area contributed by atoms with Gasteiger partial charge in [-0.15, -0.1) is 0 Å². The number of amides is 2. The zero-order valence-electron chi connectivity index (χ0n) is 20.9. The van der Waals surface area contributed by atoms with Gasteiger partial charge in [0.15, 0.2) is 0 Å². The van der Waals surface area contributed by atoms with Gasteiger partial charge in [0.05, 0.1) is 0 Å². The number of nitrogens with one attached hydrogen (secondary N) is 1. The zero-order valence-corrected chi connectivity index (χ0v) is 23.3. The van der Waals surface area contributed by atoms with E-state index < -0.39 is 0 Å². The molecule has 1 atom stereocenters. The number of ether oxygens (including phenoxy) is 1. The molecule has 0 fully saturated rings. The molecule has 7 nitrogen and oxygen atoms in total. The summed E-state index contributed by atoms with van der Waals surface area (Å²) in [7, 11) is 5.47. The number of hydrogen-bond donors (Lipinski definition) is 2. The second-order valence-corrected chi connectivity index (χ2v) is 12.1. The van der Waals surface area contributed by atoms with Crippen LogP contribution in [0.3, 0.4) is 0 Å². The van der Waals surface area contributed by atoms with Gasteiger partial charge in [0.1, 0.15) is 0 Å². The predicted octanol–water partition coefficient (Wildman–Crippen LogP) is 4.64. The Bertz CT molecular complexity index is 1520. The third-order valence-electron chi connectivity index (χ3n) is 6.67. The van der Waals surface area contributed by atoms with Crippen molar-refractivity contribution in [2.45, 2.75) is 12.3 Å². The second-order valence-electron chi connectivity index (χ2n) is 9.47. The standard InChI is InChI=1S/C28H28ClN3O4Se/c1-31(2)9-8-26(34)30-18-4-7-24-16(10-18)11-25(37-24)28(35)32-15-17(14-29)27-21-12-19(36-3)5-6-20(21)23(33)13-22(27)32/h4-7,10-13,17,33H,8-9,14-15H2,1-3H3,(H,30,34)/t17-/m1/s1. The topological polar surface area (TPSA) is 82.1 Å². The van der Waals surface area contributed by atoms with Crippen LogP contribution in [-0.4, -0.2) is 76.5 Å². The number of alkyl halides is 1. The van der Waals surface area contributed by atoms with Gasteiger partial charge in [-0.05, 0) is 0 Å². The van der Waals surface area contributed by atoms with E-state index >= 15 is 0 Å². The Labute approximate surface area is 226 Å². The summed E-state index contributed by atoms with van der Waals surface area (Å²) in [6, 6.07) is 14.9. The fourth-order valence-corrected chi connectivity index (χ4v) is 7.14. The van der Waals surface area contributed by atoms with Gasteiger partial charge in [0.25, 0.3) is 0 Å². The van der Waals surface area contributed by atoms with E-state index in [1.165, 1.54) is 0 Å². The van der Waals surface area contributed by atoms with Crippen molar-refractivity contribution in [2.75, 3.05) is 50.4 Å². The van der Waals surface area contributed by atoms with E-state index in [4.69, 9.17) is 16.3 Å². The van der Waals surface area contributed by atoms with Crippen LogP contribution in [0.15, 0.2) is 48.5 Å². The predicted molar refractivity (Wildman–Crippen MR) is 150 cm³/mol. The molecule has 2 amide bonds. The molecule has 5 rings (SSSR count). The zero-order chi connectivity index (χ0) is 26.3. The van der Waals surface area contributed by atoms with Crippen LogP contribution in [0.4, 0.5) is 11.4 Å². The molecule has 1 aliphatic heterocycles. The molecule has 37 heavy (non-hydrogen) atoms. The molecule has 0 saturated heterocycles. The molecule has 192 valence electrons. The molecule has 1 aromatic heterocycles. The van der Waals surface area contributed by atoms with E-state index in [9.17, 15) is 14.7 Å². The van der Waals surface area contributed by atoms with Crippen LogP contribution in [0.25, 0.3) is 20.4 Å². The number of carbonyl (C=O) groups excluding carboxylic acids is 2. The van der Waals surface area contributed by atoms with Gasteiger partial charge >= 0.3 is 227 Å². The summed E-state index contributed by atoms with van der Waals surface area (Å²) in [5.74, 6) is 0.977. The van der Waals surface area contributed by atoms with Gasteiger partial charge in [-0.3, -0.25) is 0 Å². The fraction of sp³-hybridized carbons (Fsp3) is 0.286. The van der Waals surface area contributed by atoms with Crippen LogP contribution in [0.5, 0.6) is 11.5 Å². The first-order valence-electron chi connectivity index (χ1n) is 12.0. The number of fused-ring (bicyclic) bond motifs is 4. The van der Waals surface area contributed by atoms with Gasteiger partial charge < -0.3 is 0 Å². The summed E-state index contributed by atoms with van der Waals surface area (Å²) in [5, 5.41) is 16.2. The van der Waals surface area contributed by atoms with Gasteiger partial charge in [-0.1, -0.05) is 0 Å². The van der Waals surface area contributed by atoms with E-state index in [1.807, 2.05) is 61.5 Å². The second kappa shape index (κ2) is 10.4. The molecule has 0 spiro atoms. The fourth-order valence-electron chi connectivity index (χ4n) is 4.81. The van der Waals surface area contributed by atoms with E-state index in [2.05, 4.69) is 5.32 Å². The van der Waals surface area contributed by atoms with Crippen molar-refractivity contribution in [3.8, 4) is 11.5 Å². The first-order valence-corrected chi connectivity index (χ1v) is 14.2. The Hall–Kier alpha value is -3.03. The molecule has 0 radical (unpaired) electrons. The average molecular weight is 585 g/mol. The minimum absolute atomic E-state index is 0.0399. The first kappa shape index (κ1) is 25.6. The Morgan fingerprint density at radius 3 is 2.70 bits per heavy atom. The van der Waals surface area contributed by atoms with E-state index in [-0.39, 0.29) is 38.0 Å². The van der Waals surface area contributed by atoms with Gasteiger partial charge in [-0.2, -0.15) is 0 Å². The molecule has 2 N–H and O–H groups in total. The number of rotatable bonds is 7. The number of benzene rings is 3. The summed E-state index contributed by atoms with van der Waals surface area (Å²) in [6.07, 6.45) is 0.414. The summed E-state index contributed by atoms with van der Waals surface area (Å²) in [4.78, 5) is 29.7. The van der Waals surface area contributed by atoms with E-state index in [0.29, 0.717) is 42.2 Å². The van der Waals surface area contributed by atoms with Gasteiger partial charge in [-0.25, -0.2) is 0 Å². The Balaban J connectivity index is 1.46. The van der Waals surface area contributed by atoms with Crippen molar-refractivity contribution in [1.29, 1.82) is 0 Å². The number of nitrogens with zero attached hydrogens (tertiary/aromatic N) is 2. The van der Waals surface area contributed by atoms with Crippen LogP contribution >= 0.6 is 11.6 Å². The Morgan fingerprint density at radius 2 is 1.97 bits per heavy atom. The van der Waals surface area contributed by atoms with Crippen LogP contribution in [0, 0.1) is 0 Å². The molecule has 3 aromatic carbocycles. The van der Waals surface area contributed by atoms with Crippen LogP contribution in [0.1, 0.15) is 27.1 Å². The first-order chi connectivity index (χ1) is 17.8. The molecular formula is C28H28ClN3O4Se. The molecule has 4 aromatic rings. The maximum atomic E-state index is 13.8. The number of phenols is 1. The number of methoxy groups -OCH3 is 1. The number of aromatic hydroxyl groups is 1. The summed E-state index contributed by atoms with van der Waals surface area (Å²) >= 11 is 6.21. The molecule has 0 bridgehead atoms. The van der Waals surface area contributed by atoms with Crippen molar-refractivity contribution < 1.29 is 19.4 Å². The maximum absolute atomic E-state index is 13.8. The third-order valence-corrected chi connectivity index (χ3v) is 9.36. The molecule has 0 aliphatic carbocycles. The Morgan fingerprint density at radius 1 is 1.16 bits per heavy atom. The van der Waals surface area contributed by atoms with Crippen LogP contribution in [-0.2, 0) is 4.79 Å². The average Bonchev–Trinajstić information content (AvgIpc) is 3.48. The van der Waals surface area contributed by atoms with Crippen molar-refractivity contribution in [3.63, 3.8) is 0 Å². The third kappa shape index (κ3) is 4.94. The van der Waals surface area contributed by atoms with Crippen molar-refractivity contribution in [3.05, 3.63) is 58.5 Å². The molecule has 0 saturated carbocycles.